The van der Waals surface area contributed by atoms with Crippen LogP contribution in [0.15, 0.2) is 12.7 Å². The predicted molar refractivity (Wildman–Crippen MR) is 56.8 cm³/mol. The van der Waals surface area contributed by atoms with Crippen LogP contribution in [0, 0.1) is 5.41 Å². The van der Waals surface area contributed by atoms with E-state index in [2.05, 4.69) is 20.4 Å². The molecule has 0 saturated carbocycles. The van der Waals surface area contributed by atoms with Gasteiger partial charge < -0.3 is 4.74 Å². The molecule has 1 saturated heterocycles. The molecular weight excluding hydrogens is 160 g/mol. The van der Waals surface area contributed by atoms with Crippen molar-refractivity contribution in [1.82, 2.24) is 0 Å². The summed E-state index contributed by atoms with van der Waals surface area (Å²) in [7, 11) is 0. The Balaban J connectivity index is 2.47. The Morgan fingerprint density at radius 3 is 2.77 bits per heavy atom. The van der Waals surface area contributed by atoms with Gasteiger partial charge in [0.05, 0.1) is 12.7 Å². The molecule has 13 heavy (non-hydrogen) atoms. The van der Waals surface area contributed by atoms with Gasteiger partial charge >= 0.3 is 0 Å². The highest BCUT2D eigenvalue weighted by atomic mass is 16.5. The van der Waals surface area contributed by atoms with Crippen LogP contribution in [0.4, 0.5) is 0 Å². The van der Waals surface area contributed by atoms with E-state index in [0.29, 0.717) is 5.41 Å². The molecule has 1 unspecified atom stereocenters. The maximum Gasteiger partial charge on any atom is 0.0753 e. The van der Waals surface area contributed by atoms with Crippen LogP contribution >= 0.6 is 0 Å². The van der Waals surface area contributed by atoms with Crippen molar-refractivity contribution in [3.63, 3.8) is 0 Å². The summed E-state index contributed by atoms with van der Waals surface area (Å²) >= 11 is 0. The summed E-state index contributed by atoms with van der Waals surface area (Å²) in [5.41, 5.74) is 0.353. The van der Waals surface area contributed by atoms with Crippen molar-refractivity contribution < 1.29 is 4.74 Å². The Bertz CT molecular complexity index is 161. The lowest BCUT2D eigenvalue weighted by Gasteiger charge is -2.25. The fourth-order valence-electron chi connectivity index (χ4n) is 1.80. The monoisotopic (exact) mass is 182 g/mol. The second kappa shape index (κ2) is 4.80. The molecule has 0 aromatic carbocycles. The van der Waals surface area contributed by atoms with E-state index in [1.807, 2.05) is 6.08 Å². The van der Waals surface area contributed by atoms with Crippen LogP contribution in [0.5, 0.6) is 0 Å². The highest BCUT2D eigenvalue weighted by Gasteiger charge is 2.20. The van der Waals surface area contributed by atoms with Crippen molar-refractivity contribution in [2.75, 3.05) is 6.61 Å². The molecule has 0 aromatic heterocycles. The van der Waals surface area contributed by atoms with E-state index in [1.54, 1.807) is 0 Å². The summed E-state index contributed by atoms with van der Waals surface area (Å²) in [5, 5.41) is 0. The van der Waals surface area contributed by atoms with Crippen LogP contribution in [-0.4, -0.2) is 12.7 Å². The number of ether oxygens (including phenoxy) is 1. The third kappa shape index (κ3) is 3.95. The van der Waals surface area contributed by atoms with Crippen LogP contribution in [0.3, 0.4) is 0 Å². The largest absolute Gasteiger partial charge is 0.374 e. The third-order valence-electron chi connectivity index (χ3n) is 2.79. The van der Waals surface area contributed by atoms with E-state index in [0.717, 1.165) is 13.0 Å². The highest BCUT2D eigenvalue weighted by molar-refractivity contribution is 4.82. The standard InChI is InChI=1S/C12H22O/c1-4-11-8-6-5-7-9-12(2,3)10-13-11/h4,11H,1,5-10H2,2-3H3. The molecule has 1 nitrogen and oxygen atoms in total. The Morgan fingerprint density at radius 1 is 1.31 bits per heavy atom. The highest BCUT2D eigenvalue weighted by Crippen LogP contribution is 2.27. The van der Waals surface area contributed by atoms with Crippen LogP contribution in [-0.2, 0) is 4.74 Å². The van der Waals surface area contributed by atoms with Gasteiger partial charge in [-0.3, -0.25) is 0 Å². The first kappa shape index (κ1) is 10.8. The van der Waals surface area contributed by atoms with Crippen molar-refractivity contribution in [2.24, 2.45) is 5.41 Å². The van der Waals surface area contributed by atoms with E-state index in [-0.39, 0.29) is 6.10 Å². The first-order valence-electron chi connectivity index (χ1n) is 5.38. The molecule has 0 spiro atoms. The summed E-state index contributed by atoms with van der Waals surface area (Å²) in [6.45, 7) is 9.27. The van der Waals surface area contributed by atoms with E-state index >= 15 is 0 Å². The summed E-state index contributed by atoms with van der Waals surface area (Å²) in [4.78, 5) is 0. The second-order valence-electron chi connectivity index (χ2n) is 4.85. The van der Waals surface area contributed by atoms with Crippen LogP contribution in [0.1, 0.15) is 46.0 Å². The van der Waals surface area contributed by atoms with E-state index < -0.39 is 0 Å². The van der Waals surface area contributed by atoms with Gasteiger partial charge in [-0.05, 0) is 18.3 Å². The van der Waals surface area contributed by atoms with Gasteiger partial charge in [0.25, 0.3) is 0 Å². The Hall–Kier alpha value is -0.300. The smallest absolute Gasteiger partial charge is 0.0753 e. The summed E-state index contributed by atoms with van der Waals surface area (Å²) < 4.78 is 5.81. The average molecular weight is 182 g/mol. The van der Waals surface area contributed by atoms with Gasteiger partial charge in [-0.25, -0.2) is 0 Å². The van der Waals surface area contributed by atoms with E-state index in [1.165, 1.54) is 25.7 Å². The van der Waals surface area contributed by atoms with Gasteiger partial charge in [0.1, 0.15) is 0 Å². The van der Waals surface area contributed by atoms with Crippen LogP contribution in [0.25, 0.3) is 0 Å². The number of hydrogen-bond donors (Lipinski definition) is 0. The van der Waals surface area contributed by atoms with Gasteiger partial charge in [-0.2, -0.15) is 0 Å². The lowest BCUT2D eigenvalue weighted by atomic mass is 9.88. The topological polar surface area (TPSA) is 9.23 Å². The van der Waals surface area contributed by atoms with Crippen LogP contribution < -0.4 is 0 Å². The van der Waals surface area contributed by atoms with E-state index in [9.17, 15) is 0 Å². The molecule has 1 aliphatic heterocycles. The molecule has 1 atom stereocenters. The molecule has 0 aromatic rings. The molecule has 1 rings (SSSR count). The summed E-state index contributed by atoms with van der Waals surface area (Å²) in [6.07, 6.45) is 8.65. The Morgan fingerprint density at radius 2 is 2.08 bits per heavy atom. The SMILES string of the molecule is C=CC1CCCCCC(C)(C)CO1. The molecular formula is C12H22O. The molecule has 0 aliphatic carbocycles. The molecule has 0 amide bonds. The Kier molecular flexibility index (Phi) is 3.98. The average Bonchev–Trinajstić information content (AvgIpc) is 2.16. The molecule has 1 heterocycles. The van der Waals surface area contributed by atoms with E-state index in [4.69, 9.17) is 4.74 Å². The van der Waals surface area contributed by atoms with Crippen molar-refractivity contribution in [1.29, 1.82) is 0 Å². The first-order valence-corrected chi connectivity index (χ1v) is 5.38. The van der Waals surface area contributed by atoms with Gasteiger partial charge in [-0.1, -0.05) is 39.2 Å². The van der Waals surface area contributed by atoms with Crippen molar-refractivity contribution in [3.8, 4) is 0 Å². The minimum Gasteiger partial charge on any atom is -0.374 e. The van der Waals surface area contributed by atoms with Crippen molar-refractivity contribution >= 4 is 0 Å². The summed E-state index contributed by atoms with van der Waals surface area (Å²) in [5.74, 6) is 0. The van der Waals surface area contributed by atoms with Crippen molar-refractivity contribution in [2.45, 2.75) is 52.1 Å². The molecule has 0 radical (unpaired) electrons. The number of hydrogen-bond acceptors (Lipinski definition) is 1. The lowest BCUT2D eigenvalue weighted by Crippen LogP contribution is -2.22. The van der Waals surface area contributed by atoms with Gasteiger partial charge in [0, 0.05) is 0 Å². The zero-order chi connectivity index (χ0) is 9.73. The van der Waals surface area contributed by atoms with Crippen LogP contribution in [0.2, 0.25) is 0 Å². The third-order valence-corrected chi connectivity index (χ3v) is 2.79. The number of rotatable bonds is 1. The van der Waals surface area contributed by atoms with Gasteiger partial charge in [0.15, 0.2) is 0 Å². The maximum absolute atomic E-state index is 5.81. The normalized spacial score (nSPS) is 29.8. The fourth-order valence-corrected chi connectivity index (χ4v) is 1.80. The molecule has 76 valence electrons. The lowest BCUT2D eigenvalue weighted by molar-refractivity contribution is 0.0236. The first-order chi connectivity index (χ1) is 6.14. The zero-order valence-electron chi connectivity index (χ0n) is 9.01. The molecule has 1 heteroatoms. The van der Waals surface area contributed by atoms with Gasteiger partial charge in [-0.15, -0.1) is 6.58 Å². The predicted octanol–water partition coefficient (Wildman–Crippen LogP) is 3.55. The minimum atomic E-state index is 0.289. The second-order valence-corrected chi connectivity index (χ2v) is 4.85. The van der Waals surface area contributed by atoms with Gasteiger partial charge in [0.2, 0.25) is 0 Å². The Labute approximate surface area is 82.2 Å². The molecule has 0 N–H and O–H groups in total. The molecule has 1 fully saturated rings. The fraction of sp³-hybridized carbons (Fsp3) is 0.833. The minimum absolute atomic E-state index is 0.289. The molecule has 0 bridgehead atoms. The molecule has 1 aliphatic rings. The maximum atomic E-state index is 5.81. The van der Waals surface area contributed by atoms with Crippen molar-refractivity contribution in [3.05, 3.63) is 12.7 Å². The zero-order valence-corrected chi connectivity index (χ0v) is 9.01. The summed E-state index contributed by atoms with van der Waals surface area (Å²) in [6, 6.07) is 0. The quantitative estimate of drug-likeness (QED) is 0.563.